The molecule has 0 saturated heterocycles. The van der Waals surface area contributed by atoms with Crippen LogP contribution >= 0.6 is 0 Å². The van der Waals surface area contributed by atoms with Crippen molar-refractivity contribution in [2.24, 2.45) is 11.8 Å². The Balaban J connectivity index is 4.81. The van der Waals surface area contributed by atoms with Crippen molar-refractivity contribution in [1.82, 2.24) is 9.62 Å². The molecule has 0 aromatic carbocycles. The lowest BCUT2D eigenvalue weighted by atomic mass is 10.1. The molecule has 128 valence electrons. The van der Waals surface area contributed by atoms with Gasteiger partial charge in [-0.15, -0.1) is 0 Å². The lowest BCUT2D eigenvalue weighted by molar-refractivity contribution is 0.352. The number of sulfonamides is 1. The first kappa shape index (κ1) is 20.9. The second-order valence-electron chi connectivity index (χ2n) is 7.18. The van der Waals surface area contributed by atoms with Gasteiger partial charge in [-0.05, 0) is 31.6 Å². The standard InChI is InChI=1S/C16H36N2O2S/c1-13(2)8-10-18(11-9-14(3)4)21(19,20)16(7)12-17-15(5)6/h13-17H,8-12H2,1-7H3. The van der Waals surface area contributed by atoms with Gasteiger partial charge in [0.25, 0.3) is 0 Å². The van der Waals surface area contributed by atoms with E-state index in [9.17, 15) is 8.42 Å². The molecule has 5 heteroatoms. The van der Waals surface area contributed by atoms with Crippen LogP contribution in [-0.4, -0.2) is 43.6 Å². The molecule has 0 fully saturated rings. The summed E-state index contributed by atoms with van der Waals surface area (Å²) in [6, 6.07) is 0.308. The van der Waals surface area contributed by atoms with E-state index >= 15 is 0 Å². The predicted molar refractivity (Wildman–Crippen MR) is 92.0 cm³/mol. The highest BCUT2D eigenvalue weighted by atomic mass is 32.2. The molecule has 0 amide bonds. The summed E-state index contributed by atoms with van der Waals surface area (Å²) in [5, 5.41) is 2.85. The number of nitrogens with one attached hydrogen (secondary N) is 1. The minimum atomic E-state index is -3.22. The van der Waals surface area contributed by atoms with Crippen molar-refractivity contribution in [2.45, 2.75) is 72.6 Å². The highest BCUT2D eigenvalue weighted by Crippen LogP contribution is 2.14. The third kappa shape index (κ3) is 8.79. The van der Waals surface area contributed by atoms with E-state index in [0.29, 0.717) is 37.5 Å². The molecule has 0 aliphatic carbocycles. The van der Waals surface area contributed by atoms with E-state index in [0.717, 1.165) is 12.8 Å². The Hall–Kier alpha value is -0.130. The van der Waals surface area contributed by atoms with Crippen LogP contribution in [0.5, 0.6) is 0 Å². The van der Waals surface area contributed by atoms with Gasteiger partial charge in [-0.25, -0.2) is 12.7 Å². The smallest absolute Gasteiger partial charge is 0.217 e. The average Bonchev–Trinajstić information content (AvgIpc) is 2.34. The lowest BCUT2D eigenvalue weighted by Gasteiger charge is -2.27. The first-order valence-electron chi connectivity index (χ1n) is 8.29. The van der Waals surface area contributed by atoms with Gasteiger partial charge in [0.1, 0.15) is 0 Å². The molecule has 1 N–H and O–H groups in total. The fraction of sp³-hybridized carbons (Fsp3) is 1.00. The Kier molecular flexibility index (Phi) is 9.74. The minimum absolute atomic E-state index is 0.308. The molecule has 0 aromatic rings. The van der Waals surface area contributed by atoms with E-state index in [1.807, 2.05) is 20.8 Å². The molecule has 0 bridgehead atoms. The topological polar surface area (TPSA) is 49.4 Å². The van der Waals surface area contributed by atoms with Gasteiger partial charge in [-0.1, -0.05) is 41.5 Å². The quantitative estimate of drug-likeness (QED) is 0.636. The van der Waals surface area contributed by atoms with Gasteiger partial charge in [0.2, 0.25) is 10.0 Å². The van der Waals surface area contributed by atoms with Gasteiger partial charge in [0, 0.05) is 25.7 Å². The number of nitrogens with zero attached hydrogens (tertiary/aromatic N) is 1. The van der Waals surface area contributed by atoms with Crippen LogP contribution in [0, 0.1) is 11.8 Å². The Labute approximate surface area is 132 Å². The van der Waals surface area contributed by atoms with Crippen LogP contribution in [0.4, 0.5) is 0 Å². The lowest BCUT2D eigenvalue weighted by Crippen LogP contribution is -2.44. The third-order valence-corrected chi connectivity index (χ3v) is 5.86. The summed E-state index contributed by atoms with van der Waals surface area (Å²) >= 11 is 0. The highest BCUT2D eigenvalue weighted by molar-refractivity contribution is 7.89. The number of hydrogen-bond donors (Lipinski definition) is 1. The van der Waals surface area contributed by atoms with E-state index in [2.05, 4.69) is 33.0 Å². The molecule has 0 radical (unpaired) electrons. The van der Waals surface area contributed by atoms with E-state index < -0.39 is 10.0 Å². The Bertz CT molecular complexity index is 352. The summed E-state index contributed by atoms with van der Waals surface area (Å²) in [7, 11) is -3.22. The van der Waals surface area contributed by atoms with Crippen LogP contribution < -0.4 is 5.32 Å². The van der Waals surface area contributed by atoms with Gasteiger partial charge in [-0.3, -0.25) is 0 Å². The van der Waals surface area contributed by atoms with E-state index in [1.54, 1.807) is 4.31 Å². The summed E-state index contributed by atoms with van der Waals surface area (Å²) in [5.74, 6) is 1.04. The second kappa shape index (κ2) is 9.80. The first-order chi connectivity index (χ1) is 9.57. The maximum absolute atomic E-state index is 12.8. The summed E-state index contributed by atoms with van der Waals surface area (Å²) in [4.78, 5) is 0. The molecule has 0 saturated carbocycles. The molecule has 0 aliphatic rings. The average molecular weight is 321 g/mol. The van der Waals surface area contributed by atoms with Crippen molar-refractivity contribution in [3.63, 3.8) is 0 Å². The molecule has 1 unspecified atom stereocenters. The maximum Gasteiger partial charge on any atom is 0.217 e. The fourth-order valence-corrected chi connectivity index (χ4v) is 3.47. The van der Waals surface area contributed by atoms with Gasteiger partial charge in [-0.2, -0.15) is 0 Å². The van der Waals surface area contributed by atoms with Crippen molar-refractivity contribution in [3.8, 4) is 0 Å². The molecular weight excluding hydrogens is 284 g/mol. The summed E-state index contributed by atoms with van der Waals surface area (Å²) in [6.45, 7) is 16.2. The van der Waals surface area contributed by atoms with Gasteiger partial charge < -0.3 is 5.32 Å². The molecule has 0 aliphatic heterocycles. The van der Waals surface area contributed by atoms with Crippen LogP contribution in [-0.2, 0) is 10.0 Å². The Morgan fingerprint density at radius 2 is 1.29 bits per heavy atom. The molecule has 0 rings (SSSR count). The number of hydrogen-bond acceptors (Lipinski definition) is 3. The fourth-order valence-electron chi connectivity index (χ4n) is 1.93. The summed E-state index contributed by atoms with van der Waals surface area (Å²) in [6.07, 6.45) is 1.84. The molecular formula is C16H36N2O2S. The minimum Gasteiger partial charge on any atom is -0.313 e. The van der Waals surface area contributed by atoms with Crippen LogP contribution in [0.3, 0.4) is 0 Å². The van der Waals surface area contributed by atoms with Crippen LogP contribution in [0.2, 0.25) is 0 Å². The van der Waals surface area contributed by atoms with Crippen molar-refractivity contribution >= 4 is 10.0 Å². The third-order valence-electron chi connectivity index (χ3n) is 3.59. The monoisotopic (exact) mass is 320 g/mol. The van der Waals surface area contributed by atoms with Crippen LogP contribution in [0.25, 0.3) is 0 Å². The van der Waals surface area contributed by atoms with Crippen LogP contribution in [0.15, 0.2) is 0 Å². The molecule has 4 nitrogen and oxygen atoms in total. The molecule has 0 aromatic heterocycles. The normalized spacial score (nSPS) is 14.6. The van der Waals surface area contributed by atoms with Crippen molar-refractivity contribution < 1.29 is 8.42 Å². The summed E-state index contributed by atoms with van der Waals surface area (Å²) < 4.78 is 27.2. The summed E-state index contributed by atoms with van der Waals surface area (Å²) in [5.41, 5.74) is 0. The van der Waals surface area contributed by atoms with Gasteiger partial charge >= 0.3 is 0 Å². The van der Waals surface area contributed by atoms with E-state index in [-0.39, 0.29) is 5.25 Å². The predicted octanol–water partition coefficient (Wildman–Crippen LogP) is 3.10. The Morgan fingerprint density at radius 1 is 0.857 bits per heavy atom. The molecule has 0 spiro atoms. The number of rotatable bonds is 11. The van der Waals surface area contributed by atoms with E-state index in [4.69, 9.17) is 0 Å². The molecule has 21 heavy (non-hydrogen) atoms. The molecule has 0 heterocycles. The van der Waals surface area contributed by atoms with Crippen LogP contribution in [0.1, 0.15) is 61.3 Å². The maximum atomic E-state index is 12.8. The highest BCUT2D eigenvalue weighted by Gasteiger charge is 2.28. The zero-order valence-corrected chi connectivity index (χ0v) is 15.8. The van der Waals surface area contributed by atoms with Crippen molar-refractivity contribution in [2.75, 3.05) is 19.6 Å². The second-order valence-corrected chi connectivity index (χ2v) is 9.53. The van der Waals surface area contributed by atoms with Gasteiger partial charge in [0.15, 0.2) is 0 Å². The zero-order chi connectivity index (χ0) is 16.6. The SMILES string of the molecule is CC(C)CCN(CCC(C)C)S(=O)(=O)C(C)CNC(C)C. The van der Waals surface area contributed by atoms with Crippen molar-refractivity contribution in [1.29, 1.82) is 0 Å². The zero-order valence-electron chi connectivity index (χ0n) is 15.0. The largest absolute Gasteiger partial charge is 0.313 e. The van der Waals surface area contributed by atoms with Crippen molar-refractivity contribution in [3.05, 3.63) is 0 Å². The molecule has 1 atom stereocenters. The first-order valence-corrected chi connectivity index (χ1v) is 9.80. The van der Waals surface area contributed by atoms with E-state index in [1.165, 1.54) is 0 Å². The Morgan fingerprint density at radius 3 is 1.62 bits per heavy atom. The van der Waals surface area contributed by atoms with Gasteiger partial charge in [0.05, 0.1) is 5.25 Å².